The van der Waals surface area contributed by atoms with Gasteiger partial charge in [-0.05, 0) is 30.3 Å². The van der Waals surface area contributed by atoms with Gasteiger partial charge in [0, 0.05) is 31.5 Å². The highest BCUT2D eigenvalue weighted by Crippen LogP contribution is 2.15. The number of benzene rings is 1. The average Bonchev–Trinajstić information content (AvgIpc) is 2.42. The fourth-order valence-corrected chi connectivity index (χ4v) is 1.54. The predicted molar refractivity (Wildman–Crippen MR) is 78.3 cm³/mol. The number of carbonyl (C=O) groups excluding carboxylic acids is 1. The molecule has 2 aromatic rings. The van der Waals surface area contributed by atoms with Crippen molar-refractivity contribution in [1.29, 1.82) is 0 Å². The molecule has 0 spiro atoms. The molecule has 1 aromatic heterocycles. The monoisotopic (exact) mass is 273 g/mol. The Kier molecular flexibility index (Phi) is 3.99. The van der Waals surface area contributed by atoms with E-state index in [0.717, 1.165) is 5.69 Å². The molecule has 2 amide bonds. The second-order valence-corrected chi connectivity index (χ2v) is 4.33. The van der Waals surface area contributed by atoms with Crippen LogP contribution in [-0.2, 0) is 0 Å². The van der Waals surface area contributed by atoms with E-state index in [9.17, 15) is 9.59 Å². The molecule has 0 aliphatic heterocycles. The number of nitrogens with zero attached hydrogens (tertiary/aromatic N) is 2. The molecule has 2 rings (SSSR count). The van der Waals surface area contributed by atoms with Gasteiger partial charge in [0.25, 0.3) is 5.56 Å². The molecule has 0 aliphatic carbocycles. The Morgan fingerprint density at radius 2 is 1.80 bits per heavy atom. The topological polar surface area (TPSA) is 90.1 Å². The number of carbonyl (C=O) groups is 1. The summed E-state index contributed by atoms with van der Waals surface area (Å²) < 4.78 is 0. The molecule has 104 valence electrons. The molecule has 7 nitrogen and oxygen atoms in total. The molecule has 1 heterocycles. The fourth-order valence-electron chi connectivity index (χ4n) is 1.54. The minimum absolute atomic E-state index is 0.270. The molecule has 0 saturated heterocycles. The summed E-state index contributed by atoms with van der Waals surface area (Å²) in [7, 11) is 3.88. The van der Waals surface area contributed by atoms with Crippen LogP contribution in [0.15, 0.2) is 41.2 Å². The van der Waals surface area contributed by atoms with Crippen LogP contribution in [0, 0.1) is 0 Å². The first-order valence-corrected chi connectivity index (χ1v) is 5.96. The van der Waals surface area contributed by atoms with Crippen molar-refractivity contribution in [3.8, 4) is 0 Å². The summed E-state index contributed by atoms with van der Waals surface area (Å²) in [5.74, 6) is 0.270. The lowest BCUT2D eigenvalue weighted by Gasteiger charge is -2.13. The average molecular weight is 273 g/mol. The Bertz CT molecular complexity index is 628. The van der Waals surface area contributed by atoms with E-state index in [0.29, 0.717) is 5.69 Å². The van der Waals surface area contributed by atoms with Gasteiger partial charge in [-0.2, -0.15) is 5.10 Å². The van der Waals surface area contributed by atoms with Crippen molar-refractivity contribution in [3.63, 3.8) is 0 Å². The molecule has 20 heavy (non-hydrogen) atoms. The standard InChI is InChI=1S/C13H15N5O2/c1-18(2)10-5-3-9(4-6-10)14-13(20)15-11-7-8-12(19)17-16-11/h3-8H,1-2H3,(H,17,19)(H2,14,15,16,20). The number of urea groups is 1. The smallest absolute Gasteiger partial charge is 0.324 e. The number of rotatable bonds is 3. The van der Waals surface area contributed by atoms with Gasteiger partial charge in [0.2, 0.25) is 0 Å². The summed E-state index contributed by atoms with van der Waals surface area (Å²) in [6, 6.07) is 9.68. The molecule has 0 saturated carbocycles. The molecule has 7 heteroatoms. The number of amides is 2. The largest absolute Gasteiger partial charge is 0.378 e. The first kappa shape index (κ1) is 13.6. The van der Waals surface area contributed by atoms with E-state index in [-0.39, 0.29) is 11.4 Å². The second kappa shape index (κ2) is 5.87. The Balaban J connectivity index is 1.97. The maximum atomic E-state index is 11.7. The van der Waals surface area contributed by atoms with Crippen LogP contribution in [0.2, 0.25) is 0 Å². The van der Waals surface area contributed by atoms with Gasteiger partial charge in [-0.3, -0.25) is 10.1 Å². The third-order valence-electron chi connectivity index (χ3n) is 2.56. The maximum absolute atomic E-state index is 11.7. The Labute approximate surface area is 115 Å². The number of aromatic amines is 1. The molecule has 1 aromatic carbocycles. The highest BCUT2D eigenvalue weighted by Gasteiger charge is 2.04. The van der Waals surface area contributed by atoms with E-state index in [4.69, 9.17) is 0 Å². The summed E-state index contributed by atoms with van der Waals surface area (Å²) in [5, 5.41) is 11.1. The normalized spacial score (nSPS) is 9.90. The molecule has 0 fully saturated rings. The van der Waals surface area contributed by atoms with Crippen molar-refractivity contribution in [2.45, 2.75) is 0 Å². The third-order valence-corrected chi connectivity index (χ3v) is 2.56. The lowest BCUT2D eigenvalue weighted by Crippen LogP contribution is -2.21. The van der Waals surface area contributed by atoms with E-state index in [1.54, 1.807) is 12.1 Å². The number of H-pyrrole nitrogens is 1. The fraction of sp³-hybridized carbons (Fsp3) is 0.154. The van der Waals surface area contributed by atoms with Gasteiger partial charge >= 0.3 is 6.03 Å². The van der Waals surface area contributed by atoms with Gasteiger partial charge in [-0.25, -0.2) is 9.89 Å². The number of anilines is 3. The quantitative estimate of drug-likeness (QED) is 0.790. The lowest BCUT2D eigenvalue weighted by molar-refractivity contribution is 0.262. The highest BCUT2D eigenvalue weighted by molar-refractivity contribution is 5.99. The zero-order chi connectivity index (χ0) is 14.5. The van der Waals surface area contributed by atoms with Gasteiger partial charge in [-0.15, -0.1) is 0 Å². The number of hydrogen-bond donors (Lipinski definition) is 3. The van der Waals surface area contributed by atoms with Gasteiger partial charge < -0.3 is 10.2 Å². The maximum Gasteiger partial charge on any atom is 0.324 e. The van der Waals surface area contributed by atoms with Crippen LogP contribution in [0.25, 0.3) is 0 Å². The Hall–Kier alpha value is -2.83. The van der Waals surface area contributed by atoms with Gasteiger partial charge in [0.1, 0.15) is 0 Å². The summed E-state index contributed by atoms with van der Waals surface area (Å²) in [4.78, 5) is 24.5. The van der Waals surface area contributed by atoms with E-state index in [2.05, 4.69) is 20.8 Å². The lowest BCUT2D eigenvalue weighted by atomic mass is 10.2. The Morgan fingerprint density at radius 3 is 2.35 bits per heavy atom. The van der Waals surface area contributed by atoms with Gasteiger partial charge in [0.05, 0.1) is 0 Å². The number of nitrogens with one attached hydrogen (secondary N) is 3. The van der Waals surface area contributed by atoms with Crippen LogP contribution >= 0.6 is 0 Å². The van der Waals surface area contributed by atoms with Gasteiger partial charge in [-0.1, -0.05) is 0 Å². The summed E-state index contributed by atoms with van der Waals surface area (Å²) in [5.41, 5.74) is 1.38. The molecule has 0 bridgehead atoms. The van der Waals surface area contributed by atoms with Crippen molar-refractivity contribution < 1.29 is 4.79 Å². The Morgan fingerprint density at radius 1 is 1.10 bits per heavy atom. The van der Waals surface area contributed by atoms with Crippen LogP contribution in [0.1, 0.15) is 0 Å². The zero-order valence-corrected chi connectivity index (χ0v) is 11.2. The van der Waals surface area contributed by atoms with Crippen molar-refractivity contribution in [2.24, 2.45) is 0 Å². The van der Waals surface area contributed by atoms with E-state index in [1.165, 1.54) is 12.1 Å². The molecule has 3 N–H and O–H groups in total. The highest BCUT2D eigenvalue weighted by atomic mass is 16.2. The molecular formula is C13H15N5O2. The SMILES string of the molecule is CN(C)c1ccc(NC(=O)Nc2ccc(=O)[nH]n2)cc1. The number of aromatic nitrogens is 2. The first-order valence-electron chi connectivity index (χ1n) is 5.96. The number of hydrogen-bond acceptors (Lipinski definition) is 4. The molecular weight excluding hydrogens is 258 g/mol. The molecule has 0 radical (unpaired) electrons. The van der Waals surface area contributed by atoms with Crippen molar-refractivity contribution >= 4 is 23.2 Å². The minimum Gasteiger partial charge on any atom is -0.378 e. The van der Waals surface area contributed by atoms with Crippen LogP contribution in [-0.4, -0.2) is 30.3 Å². The van der Waals surface area contributed by atoms with Crippen LogP contribution in [0.3, 0.4) is 0 Å². The predicted octanol–water partition coefficient (Wildman–Crippen LogP) is 1.48. The van der Waals surface area contributed by atoms with E-state index in [1.807, 2.05) is 31.1 Å². The van der Waals surface area contributed by atoms with Crippen LogP contribution < -0.4 is 21.1 Å². The zero-order valence-electron chi connectivity index (χ0n) is 11.2. The summed E-state index contributed by atoms with van der Waals surface area (Å²) in [6.45, 7) is 0. The summed E-state index contributed by atoms with van der Waals surface area (Å²) in [6.07, 6.45) is 0. The molecule has 0 aliphatic rings. The van der Waals surface area contributed by atoms with Crippen molar-refractivity contribution in [2.75, 3.05) is 29.6 Å². The molecule has 0 unspecified atom stereocenters. The van der Waals surface area contributed by atoms with E-state index >= 15 is 0 Å². The first-order chi connectivity index (χ1) is 9.54. The van der Waals surface area contributed by atoms with Crippen molar-refractivity contribution in [3.05, 3.63) is 46.8 Å². The summed E-state index contributed by atoms with van der Waals surface area (Å²) >= 11 is 0. The molecule has 0 atom stereocenters. The van der Waals surface area contributed by atoms with Crippen LogP contribution in [0.4, 0.5) is 22.0 Å². The van der Waals surface area contributed by atoms with Crippen molar-refractivity contribution in [1.82, 2.24) is 10.2 Å². The second-order valence-electron chi connectivity index (χ2n) is 4.33. The van der Waals surface area contributed by atoms with E-state index < -0.39 is 6.03 Å². The third kappa shape index (κ3) is 3.58. The van der Waals surface area contributed by atoms with Gasteiger partial charge in [0.15, 0.2) is 5.82 Å². The van der Waals surface area contributed by atoms with Crippen LogP contribution in [0.5, 0.6) is 0 Å². The minimum atomic E-state index is -0.429.